The van der Waals surface area contributed by atoms with E-state index in [9.17, 15) is 9.18 Å². The van der Waals surface area contributed by atoms with Crippen LogP contribution in [0.5, 0.6) is 5.75 Å². The fourth-order valence-electron chi connectivity index (χ4n) is 2.10. The van der Waals surface area contributed by atoms with Gasteiger partial charge in [-0.05, 0) is 30.7 Å². The van der Waals surface area contributed by atoms with Gasteiger partial charge in [-0.15, -0.1) is 0 Å². The first kappa shape index (κ1) is 18.0. The molecule has 0 aliphatic carbocycles. The number of amides is 1. The molecule has 2 aromatic carbocycles. The van der Waals surface area contributed by atoms with E-state index in [4.69, 9.17) is 10.00 Å². The number of nitrogens with one attached hydrogen (secondary N) is 1. The topological polar surface area (TPSA) is 62.1 Å². The maximum atomic E-state index is 13.7. The molecule has 24 heavy (non-hydrogen) atoms. The molecular weight excluding hydrogens is 375 g/mol. The molecule has 0 bridgehead atoms. The lowest BCUT2D eigenvalue weighted by atomic mass is 10.1. The molecule has 4 nitrogen and oxygen atoms in total. The monoisotopic (exact) mass is 390 g/mol. The number of rotatable bonds is 7. The molecule has 0 radical (unpaired) electrons. The number of halogens is 2. The molecule has 2 aromatic rings. The Labute approximate surface area is 148 Å². The van der Waals surface area contributed by atoms with Crippen LogP contribution in [0.25, 0.3) is 0 Å². The molecular formula is C18H16BrFN2O2. The van der Waals surface area contributed by atoms with E-state index in [0.717, 1.165) is 4.47 Å². The summed E-state index contributed by atoms with van der Waals surface area (Å²) in [7, 11) is 0. The Kier molecular flexibility index (Phi) is 6.76. The van der Waals surface area contributed by atoms with Crippen LogP contribution in [0.1, 0.15) is 24.4 Å². The smallest absolute Gasteiger partial charge is 0.221 e. The van der Waals surface area contributed by atoms with Crippen molar-refractivity contribution in [2.24, 2.45) is 0 Å². The SMILES string of the molecule is N#CC(NC(=O)CCCOc1cccc(Br)c1)c1ccccc1F. The highest BCUT2D eigenvalue weighted by Crippen LogP contribution is 2.18. The maximum absolute atomic E-state index is 13.7. The first-order valence-electron chi connectivity index (χ1n) is 7.42. The van der Waals surface area contributed by atoms with Gasteiger partial charge in [0.2, 0.25) is 5.91 Å². The van der Waals surface area contributed by atoms with E-state index in [1.165, 1.54) is 18.2 Å². The van der Waals surface area contributed by atoms with Crippen LogP contribution in [0.15, 0.2) is 53.0 Å². The van der Waals surface area contributed by atoms with Crippen LogP contribution in [0.2, 0.25) is 0 Å². The van der Waals surface area contributed by atoms with Crippen LogP contribution >= 0.6 is 15.9 Å². The summed E-state index contributed by atoms with van der Waals surface area (Å²) in [5.41, 5.74) is 0.165. The lowest BCUT2D eigenvalue weighted by Crippen LogP contribution is -2.28. The summed E-state index contributed by atoms with van der Waals surface area (Å²) in [6.45, 7) is 0.376. The maximum Gasteiger partial charge on any atom is 0.221 e. The summed E-state index contributed by atoms with van der Waals surface area (Å²) in [5.74, 6) is -0.115. The van der Waals surface area contributed by atoms with Crippen LogP contribution < -0.4 is 10.1 Å². The zero-order valence-corrected chi connectivity index (χ0v) is 14.4. The summed E-state index contributed by atoms with van der Waals surface area (Å²) in [4.78, 5) is 11.9. The second kappa shape index (κ2) is 9.04. The molecule has 6 heteroatoms. The lowest BCUT2D eigenvalue weighted by Gasteiger charge is -2.13. The Morgan fingerprint density at radius 3 is 2.79 bits per heavy atom. The molecule has 0 aliphatic rings. The second-order valence-corrected chi connectivity index (χ2v) is 5.98. The zero-order valence-electron chi connectivity index (χ0n) is 12.8. The Morgan fingerprint density at radius 2 is 2.08 bits per heavy atom. The average molecular weight is 391 g/mol. The van der Waals surface area contributed by atoms with Crippen molar-refractivity contribution in [2.45, 2.75) is 18.9 Å². The third-order valence-corrected chi connectivity index (χ3v) is 3.76. The van der Waals surface area contributed by atoms with Gasteiger partial charge < -0.3 is 10.1 Å². The van der Waals surface area contributed by atoms with E-state index in [0.29, 0.717) is 18.8 Å². The van der Waals surface area contributed by atoms with E-state index in [-0.39, 0.29) is 17.9 Å². The molecule has 0 fully saturated rings. The fourth-order valence-corrected chi connectivity index (χ4v) is 2.48. The van der Waals surface area contributed by atoms with Crippen molar-refractivity contribution < 1.29 is 13.9 Å². The van der Waals surface area contributed by atoms with Crippen molar-refractivity contribution in [2.75, 3.05) is 6.61 Å². The number of ether oxygens (including phenoxy) is 1. The quantitative estimate of drug-likeness (QED) is 0.722. The van der Waals surface area contributed by atoms with Crippen molar-refractivity contribution in [3.63, 3.8) is 0 Å². The van der Waals surface area contributed by atoms with Gasteiger partial charge >= 0.3 is 0 Å². The molecule has 2 rings (SSSR count). The number of nitrogens with zero attached hydrogens (tertiary/aromatic N) is 1. The highest BCUT2D eigenvalue weighted by molar-refractivity contribution is 9.10. The number of hydrogen-bond donors (Lipinski definition) is 1. The average Bonchev–Trinajstić information content (AvgIpc) is 2.57. The van der Waals surface area contributed by atoms with Crippen molar-refractivity contribution in [1.29, 1.82) is 5.26 Å². The van der Waals surface area contributed by atoms with Gasteiger partial charge in [0.25, 0.3) is 0 Å². The van der Waals surface area contributed by atoms with Gasteiger partial charge in [-0.1, -0.05) is 40.2 Å². The van der Waals surface area contributed by atoms with E-state index < -0.39 is 11.9 Å². The number of carbonyl (C=O) groups is 1. The van der Waals surface area contributed by atoms with Crippen molar-refractivity contribution in [3.05, 3.63) is 64.4 Å². The first-order chi connectivity index (χ1) is 11.6. The van der Waals surface area contributed by atoms with E-state index in [1.807, 2.05) is 30.3 Å². The summed E-state index contributed by atoms with van der Waals surface area (Å²) < 4.78 is 20.1. The Balaban J connectivity index is 1.78. The summed E-state index contributed by atoms with van der Waals surface area (Å²) >= 11 is 3.35. The van der Waals surface area contributed by atoms with Gasteiger partial charge in [0.05, 0.1) is 12.7 Å². The number of hydrogen-bond acceptors (Lipinski definition) is 3. The van der Waals surface area contributed by atoms with Gasteiger partial charge in [-0.25, -0.2) is 4.39 Å². The summed E-state index contributed by atoms with van der Waals surface area (Å²) in [6.07, 6.45) is 0.689. The highest BCUT2D eigenvalue weighted by atomic mass is 79.9. The lowest BCUT2D eigenvalue weighted by molar-refractivity contribution is -0.121. The van der Waals surface area contributed by atoms with Gasteiger partial charge in [-0.2, -0.15) is 5.26 Å². The Bertz CT molecular complexity index is 746. The minimum absolute atomic E-state index is 0.165. The highest BCUT2D eigenvalue weighted by Gasteiger charge is 2.16. The fraction of sp³-hybridized carbons (Fsp3) is 0.222. The molecule has 0 saturated carbocycles. The minimum Gasteiger partial charge on any atom is -0.494 e. The molecule has 124 valence electrons. The number of benzene rings is 2. The van der Waals surface area contributed by atoms with Crippen LogP contribution in [-0.4, -0.2) is 12.5 Å². The van der Waals surface area contributed by atoms with Gasteiger partial charge in [-0.3, -0.25) is 4.79 Å². The molecule has 1 atom stereocenters. The van der Waals surface area contributed by atoms with Gasteiger partial charge in [0.1, 0.15) is 17.6 Å². The first-order valence-corrected chi connectivity index (χ1v) is 8.21. The predicted molar refractivity (Wildman–Crippen MR) is 91.8 cm³/mol. The Hall–Kier alpha value is -2.39. The van der Waals surface area contributed by atoms with Gasteiger partial charge in [0.15, 0.2) is 0 Å². The van der Waals surface area contributed by atoms with E-state index in [2.05, 4.69) is 21.2 Å². The molecule has 0 aliphatic heterocycles. The normalized spacial score (nSPS) is 11.4. The second-order valence-electron chi connectivity index (χ2n) is 5.06. The van der Waals surface area contributed by atoms with Crippen LogP contribution in [-0.2, 0) is 4.79 Å². The molecule has 1 unspecified atom stereocenters. The third kappa shape index (κ3) is 5.36. The molecule has 0 heterocycles. The summed E-state index contributed by atoms with van der Waals surface area (Å²) in [5, 5.41) is 11.7. The van der Waals surface area contributed by atoms with E-state index in [1.54, 1.807) is 6.07 Å². The largest absolute Gasteiger partial charge is 0.494 e. The van der Waals surface area contributed by atoms with Crippen molar-refractivity contribution >= 4 is 21.8 Å². The molecule has 1 amide bonds. The molecule has 1 N–H and O–H groups in total. The van der Waals surface area contributed by atoms with Crippen molar-refractivity contribution in [1.82, 2.24) is 5.32 Å². The minimum atomic E-state index is -0.996. The molecule has 0 spiro atoms. The number of nitriles is 1. The number of carbonyl (C=O) groups excluding carboxylic acids is 1. The summed E-state index contributed by atoms with van der Waals surface area (Å²) in [6, 6.07) is 14.2. The van der Waals surface area contributed by atoms with E-state index >= 15 is 0 Å². The molecule has 0 aromatic heterocycles. The zero-order chi connectivity index (χ0) is 17.4. The molecule has 0 saturated heterocycles. The van der Waals surface area contributed by atoms with Crippen LogP contribution in [0.4, 0.5) is 4.39 Å². The standard InChI is InChI=1S/C18H16BrFN2O2/c19-13-5-3-6-14(11-13)24-10-4-9-18(23)22-17(12-21)15-7-1-2-8-16(15)20/h1-3,5-8,11,17H,4,9-10H2,(H,22,23). The van der Waals surface area contributed by atoms with Gasteiger partial charge in [0, 0.05) is 16.5 Å². The van der Waals surface area contributed by atoms with Crippen molar-refractivity contribution in [3.8, 4) is 11.8 Å². The predicted octanol–water partition coefficient (Wildman–Crippen LogP) is 4.13. The third-order valence-electron chi connectivity index (χ3n) is 3.26. The Morgan fingerprint density at radius 1 is 1.29 bits per heavy atom. The van der Waals surface area contributed by atoms with Crippen LogP contribution in [0, 0.1) is 17.1 Å². The van der Waals surface area contributed by atoms with Crippen LogP contribution in [0.3, 0.4) is 0 Å².